The number of carbonyl (C=O) groups excluding carboxylic acids is 2. The Labute approximate surface area is 269 Å². The molecule has 4 aromatic rings. The molecule has 1 aromatic heterocycles. The van der Waals surface area contributed by atoms with Crippen LogP contribution in [0, 0.1) is 5.92 Å². The maximum absolute atomic E-state index is 13.8. The minimum absolute atomic E-state index is 0.0231. The number of anilines is 2. The molecule has 2 amide bonds. The molecule has 2 atom stereocenters. The fourth-order valence-electron chi connectivity index (χ4n) is 7.18. The molecule has 1 N–H and O–H groups in total. The van der Waals surface area contributed by atoms with E-state index in [2.05, 4.69) is 45.4 Å². The Balaban J connectivity index is 1.11. The number of hydrogen-bond donors (Lipinski definition) is 1. The molecule has 2 unspecified atom stereocenters. The first kappa shape index (κ1) is 29.7. The van der Waals surface area contributed by atoms with Gasteiger partial charge >= 0.3 is 0 Å². The lowest BCUT2D eigenvalue weighted by Crippen LogP contribution is -2.48. The van der Waals surface area contributed by atoms with Crippen molar-refractivity contribution in [3.8, 4) is 0 Å². The van der Waals surface area contributed by atoms with Gasteiger partial charge < -0.3 is 19.7 Å². The summed E-state index contributed by atoms with van der Waals surface area (Å²) in [6.07, 6.45) is 4.36. The molecule has 3 aromatic carbocycles. The van der Waals surface area contributed by atoms with Crippen LogP contribution in [-0.4, -0.2) is 65.4 Å². The van der Waals surface area contributed by atoms with Gasteiger partial charge in [-0.1, -0.05) is 66.7 Å². The minimum Gasteiger partial charge on any atom is -0.369 e. The Morgan fingerprint density at radius 2 is 1.57 bits per heavy atom. The Hall–Kier alpha value is -4.95. The highest BCUT2D eigenvalue weighted by Crippen LogP contribution is 2.39. The van der Waals surface area contributed by atoms with E-state index in [1.54, 1.807) is 12.1 Å². The van der Waals surface area contributed by atoms with Gasteiger partial charge in [-0.15, -0.1) is 0 Å². The fourth-order valence-corrected chi connectivity index (χ4v) is 7.18. The monoisotopic (exact) mass is 613 g/mol. The van der Waals surface area contributed by atoms with Gasteiger partial charge in [0, 0.05) is 81.7 Å². The van der Waals surface area contributed by atoms with Crippen molar-refractivity contribution in [3.05, 3.63) is 136 Å². The van der Waals surface area contributed by atoms with Gasteiger partial charge in [0.2, 0.25) is 5.91 Å². The largest absolute Gasteiger partial charge is 0.369 e. The van der Waals surface area contributed by atoms with Crippen LogP contribution in [0.5, 0.6) is 0 Å². The number of carbonyl (C=O) groups is 2. The Kier molecular flexibility index (Phi) is 8.53. The Morgan fingerprint density at radius 1 is 0.804 bits per heavy atom. The molecule has 7 rings (SSSR count). The quantitative estimate of drug-likeness (QED) is 0.294. The second-order valence-corrected chi connectivity index (χ2v) is 12.6. The van der Waals surface area contributed by atoms with E-state index in [9.17, 15) is 14.4 Å². The van der Waals surface area contributed by atoms with Crippen molar-refractivity contribution in [3.63, 3.8) is 0 Å². The molecule has 0 spiro atoms. The van der Waals surface area contributed by atoms with Crippen LogP contribution in [0.2, 0.25) is 0 Å². The number of pyridine rings is 1. The van der Waals surface area contributed by atoms with Crippen molar-refractivity contribution in [1.29, 1.82) is 0 Å². The molecule has 2 saturated heterocycles. The second-order valence-electron chi connectivity index (χ2n) is 12.6. The summed E-state index contributed by atoms with van der Waals surface area (Å²) >= 11 is 0. The van der Waals surface area contributed by atoms with Crippen LogP contribution >= 0.6 is 0 Å². The van der Waals surface area contributed by atoms with Crippen LogP contribution in [0.1, 0.15) is 39.5 Å². The van der Waals surface area contributed by atoms with Crippen molar-refractivity contribution < 1.29 is 9.59 Å². The Bertz CT molecular complexity index is 1790. The summed E-state index contributed by atoms with van der Waals surface area (Å²) in [4.78, 5) is 46.2. The molecule has 234 valence electrons. The minimum atomic E-state index is -0.252. The molecule has 0 radical (unpaired) electrons. The van der Waals surface area contributed by atoms with Gasteiger partial charge in [-0.05, 0) is 53.8 Å². The lowest BCUT2D eigenvalue weighted by Gasteiger charge is -2.44. The number of nitrogens with zero attached hydrogens (tertiary/aromatic N) is 4. The van der Waals surface area contributed by atoms with E-state index in [4.69, 9.17) is 0 Å². The van der Waals surface area contributed by atoms with Gasteiger partial charge in [-0.3, -0.25) is 19.3 Å². The van der Waals surface area contributed by atoms with Crippen molar-refractivity contribution in [1.82, 2.24) is 14.4 Å². The third-order valence-electron chi connectivity index (χ3n) is 9.46. The third kappa shape index (κ3) is 6.53. The number of nitrogens with one attached hydrogen (secondary N) is 1. The van der Waals surface area contributed by atoms with Crippen LogP contribution in [-0.2, 0) is 17.9 Å². The third-order valence-corrected chi connectivity index (χ3v) is 9.46. The smallest absolute Gasteiger partial charge is 0.254 e. The predicted octanol–water partition coefficient (Wildman–Crippen LogP) is 5.08. The fraction of sp³-hybridized carbons (Fsp3) is 0.289. The van der Waals surface area contributed by atoms with Gasteiger partial charge in [-0.25, -0.2) is 0 Å². The summed E-state index contributed by atoms with van der Waals surface area (Å²) < 4.78 is 1.93. The summed E-state index contributed by atoms with van der Waals surface area (Å²) in [5.74, 6) is 0.265. The molecule has 2 bridgehead atoms. The maximum atomic E-state index is 13.8. The molecule has 3 aliphatic heterocycles. The highest BCUT2D eigenvalue weighted by Gasteiger charge is 2.35. The maximum Gasteiger partial charge on any atom is 0.254 e. The molecule has 46 heavy (non-hydrogen) atoms. The zero-order valence-corrected chi connectivity index (χ0v) is 25.9. The first-order chi connectivity index (χ1) is 22.5. The molecule has 0 saturated carbocycles. The van der Waals surface area contributed by atoms with Crippen LogP contribution in [0.15, 0.2) is 108 Å². The number of aromatic nitrogens is 1. The standard InChI is InChI=1S/C38H39N5O3/c44-36(17-14-28-8-3-1-4-9-28)39-33-23-31(38(46)41-20-18-40(19-21-41)24-29-10-5-2-6-11-29)15-16-35(33)42-25-30-22-32(27-42)34-12-7-13-37(45)43(34)26-30/h1-17,23,30,32H,18-22,24-27H2,(H,39,44)/b17-14+. The van der Waals surface area contributed by atoms with E-state index < -0.39 is 0 Å². The van der Waals surface area contributed by atoms with Crippen LogP contribution in [0.3, 0.4) is 0 Å². The molecular weight excluding hydrogens is 574 g/mol. The van der Waals surface area contributed by atoms with Crippen LogP contribution < -0.4 is 15.8 Å². The number of piperazine rings is 1. The van der Waals surface area contributed by atoms with Crippen molar-refractivity contribution >= 4 is 29.3 Å². The van der Waals surface area contributed by atoms with Gasteiger partial charge in [0.25, 0.3) is 11.5 Å². The summed E-state index contributed by atoms with van der Waals surface area (Å²) in [7, 11) is 0. The van der Waals surface area contributed by atoms with Crippen molar-refractivity contribution in [2.45, 2.75) is 25.4 Å². The molecular formula is C38H39N5O3. The summed E-state index contributed by atoms with van der Waals surface area (Å²) in [5.41, 5.74) is 5.43. The van der Waals surface area contributed by atoms with Gasteiger partial charge in [0.15, 0.2) is 0 Å². The summed E-state index contributed by atoms with van der Waals surface area (Å²) in [5, 5.41) is 3.10. The average Bonchev–Trinajstić information content (AvgIpc) is 3.09. The molecule has 2 fully saturated rings. The molecule has 0 aliphatic carbocycles. The van der Waals surface area contributed by atoms with Crippen molar-refractivity contribution in [2.24, 2.45) is 5.92 Å². The van der Waals surface area contributed by atoms with E-state index in [0.717, 1.165) is 56.1 Å². The van der Waals surface area contributed by atoms with Gasteiger partial charge in [-0.2, -0.15) is 0 Å². The molecule has 4 heterocycles. The first-order valence-corrected chi connectivity index (χ1v) is 16.2. The zero-order valence-electron chi connectivity index (χ0n) is 25.9. The van der Waals surface area contributed by atoms with Gasteiger partial charge in [0.05, 0.1) is 11.4 Å². The number of hydrogen-bond acceptors (Lipinski definition) is 5. The van der Waals surface area contributed by atoms with E-state index in [1.807, 2.05) is 70.1 Å². The second kappa shape index (κ2) is 13.2. The number of rotatable bonds is 7. The van der Waals surface area contributed by atoms with E-state index in [-0.39, 0.29) is 23.3 Å². The Morgan fingerprint density at radius 3 is 2.35 bits per heavy atom. The first-order valence-electron chi connectivity index (χ1n) is 16.2. The number of fused-ring (bicyclic) bond motifs is 4. The number of amides is 2. The summed E-state index contributed by atoms with van der Waals surface area (Å²) in [6.45, 7) is 6.02. The lowest BCUT2D eigenvalue weighted by molar-refractivity contribution is -0.111. The highest BCUT2D eigenvalue weighted by atomic mass is 16.2. The van der Waals surface area contributed by atoms with Crippen LogP contribution in [0.4, 0.5) is 11.4 Å². The number of benzene rings is 3. The van der Waals surface area contributed by atoms with E-state index >= 15 is 0 Å². The molecule has 8 nitrogen and oxygen atoms in total. The average molecular weight is 614 g/mol. The normalized spacial score (nSPS) is 19.6. The van der Waals surface area contributed by atoms with Crippen molar-refractivity contribution in [2.75, 3.05) is 49.5 Å². The zero-order chi connectivity index (χ0) is 31.5. The molecule has 3 aliphatic rings. The van der Waals surface area contributed by atoms with E-state index in [0.29, 0.717) is 36.8 Å². The topological polar surface area (TPSA) is 77.9 Å². The highest BCUT2D eigenvalue weighted by molar-refractivity contribution is 6.05. The van der Waals surface area contributed by atoms with Crippen LogP contribution in [0.25, 0.3) is 6.08 Å². The summed E-state index contributed by atoms with van der Waals surface area (Å²) in [6, 6.07) is 31.4. The number of piperidine rings is 1. The molecule has 8 heteroatoms. The SMILES string of the molecule is O=C(/C=C/c1ccccc1)Nc1cc(C(=O)N2CCN(Cc3ccccc3)CC2)ccc1N1CC2CC(C1)c1cccc(=O)n1C2. The van der Waals surface area contributed by atoms with E-state index in [1.165, 1.54) is 11.6 Å². The van der Waals surface area contributed by atoms with Gasteiger partial charge in [0.1, 0.15) is 0 Å². The predicted molar refractivity (Wildman–Crippen MR) is 182 cm³/mol. The lowest BCUT2D eigenvalue weighted by atomic mass is 9.83.